The molecule has 26 heavy (non-hydrogen) atoms. The minimum Gasteiger partial charge on any atom is -0.497 e. The first-order chi connectivity index (χ1) is 12.3. The number of hydrogen-bond donors (Lipinski definition) is 0. The molecule has 3 rings (SSSR count). The van der Waals surface area contributed by atoms with E-state index in [2.05, 4.69) is 10.1 Å². The molecule has 0 spiro atoms. The number of ether oxygens (including phenoxy) is 1. The van der Waals surface area contributed by atoms with Crippen molar-refractivity contribution in [2.45, 2.75) is 11.3 Å². The molecule has 6 nitrogen and oxygen atoms in total. The molecule has 3 aromatic rings. The Labute approximate surface area is 149 Å². The number of rotatable bonds is 5. The van der Waals surface area contributed by atoms with Crippen molar-refractivity contribution in [1.29, 1.82) is 0 Å². The molecule has 136 valence electrons. The standard InChI is InChI=1S/C17H15F2N3O3S/c1-25-12-5-3-11(4-6-12)15-10-14(17(18)19)21-22(15)16-9-13(7-8-20-16)26(2,23)24/h3-10,17H,1-2H3. The molecule has 0 aliphatic heterocycles. The van der Waals surface area contributed by atoms with Crippen molar-refractivity contribution >= 4 is 9.84 Å². The molecular formula is C17H15F2N3O3S. The van der Waals surface area contributed by atoms with Gasteiger partial charge in [-0.25, -0.2) is 26.9 Å². The van der Waals surface area contributed by atoms with Crippen LogP contribution < -0.4 is 4.74 Å². The maximum atomic E-state index is 13.2. The van der Waals surface area contributed by atoms with Gasteiger partial charge in [0.05, 0.1) is 17.7 Å². The maximum Gasteiger partial charge on any atom is 0.282 e. The van der Waals surface area contributed by atoms with Gasteiger partial charge in [0.15, 0.2) is 15.7 Å². The summed E-state index contributed by atoms with van der Waals surface area (Å²) in [7, 11) is -1.95. The Balaban J connectivity index is 2.17. The van der Waals surface area contributed by atoms with E-state index >= 15 is 0 Å². The third-order valence-corrected chi connectivity index (χ3v) is 4.81. The van der Waals surface area contributed by atoms with Crippen LogP contribution in [-0.4, -0.2) is 36.5 Å². The molecule has 2 aromatic heterocycles. The van der Waals surface area contributed by atoms with Gasteiger partial charge in [-0.3, -0.25) is 0 Å². The van der Waals surface area contributed by atoms with Gasteiger partial charge < -0.3 is 4.74 Å². The summed E-state index contributed by atoms with van der Waals surface area (Å²) in [6, 6.07) is 10.7. The summed E-state index contributed by atoms with van der Waals surface area (Å²) in [5.41, 5.74) is 0.542. The average Bonchev–Trinajstić information content (AvgIpc) is 3.07. The van der Waals surface area contributed by atoms with E-state index in [0.29, 0.717) is 17.0 Å². The number of sulfone groups is 1. The van der Waals surface area contributed by atoms with Gasteiger partial charge in [0.1, 0.15) is 11.4 Å². The minimum atomic E-state index is -3.48. The van der Waals surface area contributed by atoms with Gasteiger partial charge in [0.25, 0.3) is 6.43 Å². The second kappa shape index (κ2) is 6.83. The SMILES string of the molecule is COc1ccc(-c2cc(C(F)F)nn2-c2cc(S(C)(=O)=O)ccn2)cc1. The third kappa shape index (κ3) is 3.57. The number of nitrogens with zero attached hydrogens (tertiary/aromatic N) is 3. The zero-order chi connectivity index (χ0) is 18.9. The summed E-state index contributed by atoms with van der Waals surface area (Å²) in [5, 5.41) is 3.90. The highest BCUT2D eigenvalue weighted by atomic mass is 32.2. The highest BCUT2D eigenvalue weighted by Crippen LogP contribution is 2.29. The molecule has 1 aromatic carbocycles. The fourth-order valence-corrected chi connectivity index (χ4v) is 3.02. The van der Waals surface area contributed by atoms with Gasteiger partial charge in [0, 0.05) is 24.1 Å². The lowest BCUT2D eigenvalue weighted by molar-refractivity contribution is 0.145. The van der Waals surface area contributed by atoms with Gasteiger partial charge in [-0.2, -0.15) is 5.10 Å². The van der Waals surface area contributed by atoms with Gasteiger partial charge in [-0.05, 0) is 36.4 Å². The molecule has 0 atom stereocenters. The number of halogens is 2. The van der Waals surface area contributed by atoms with E-state index in [1.54, 1.807) is 24.3 Å². The molecule has 0 saturated carbocycles. The first-order valence-corrected chi connectivity index (χ1v) is 9.38. The average molecular weight is 379 g/mol. The van der Waals surface area contributed by atoms with Gasteiger partial charge in [-0.1, -0.05) is 0 Å². The monoisotopic (exact) mass is 379 g/mol. The number of alkyl halides is 2. The molecule has 0 fully saturated rings. The fraction of sp³-hybridized carbons (Fsp3) is 0.176. The van der Waals surface area contributed by atoms with Crippen LogP contribution in [0.15, 0.2) is 53.6 Å². The van der Waals surface area contributed by atoms with Crippen molar-refractivity contribution in [1.82, 2.24) is 14.8 Å². The van der Waals surface area contributed by atoms with E-state index in [0.717, 1.165) is 6.26 Å². The third-order valence-electron chi connectivity index (χ3n) is 3.70. The summed E-state index contributed by atoms with van der Waals surface area (Å²) < 4.78 is 56.2. The van der Waals surface area contributed by atoms with Crippen LogP contribution in [-0.2, 0) is 9.84 Å². The van der Waals surface area contributed by atoms with E-state index in [1.807, 2.05) is 0 Å². The number of hydrogen-bond acceptors (Lipinski definition) is 5. The Morgan fingerprint density at radius 2 is 1.81 bits per heavy atom. The first kappa shape index (κ1) is 18.0. The Morgan fingerprint density at radius 1 is 1.12 bits per heavy atom. The predicted octanol–water partition coefficient (Wildman–Crippen LogP) is 3.28. The van der Waals surface area contributed by atoms with Crippen molar-refractivity contribution in [2.24, 2.45) is 0 Å². The quantitative estimate of drug-likeness (QED) is 0.680. The molecule has 2 heterocycles. The van der Waals surface area contributed by atoms with Crippen LogP contribution in [0, 0.1) is 0 Å². The number of benzene rings is 1. The maximum absolute atomic E-state index is 13.2. The smallest absolute Gasteiger partial charge is 0.282 e. The van der Waals surface area contributed by atoms with Crippen LogP contribution in [0.3, 0.4) is 0 Å². The molecular weight excluding hydrogens is 364 g/mol. The minimum absolute atomic E-state index is 0.0253. The normalized spacial score (nSPS) is 11.7. The molecule has 0 unspecified atom stereocenters. The van der Waals surface area contributed by atoms with E-state index in [4.69, 9.17) is 4.74 Å². The lowest BCUT2D eigenvalue weighted by atomic mass is 10.1. The van der Waals surface area contributed by atoms with E-state index in [-0.39, 0.29) is 10.7 Å². The van der Waals surface area contributed by atoms with Crippen LogP contribution in [0.25, 0.3) is 17.1 Å². The second-order valence-electron chi connectivity index (χ2n) is 5.52. The van der Waals surface area contributed by atoms with Crippen LogP contribution in [0.1, 0.15) is 12.1 Å². The topological polar surface area (TPSA) is 74.1 Å². The summed E-state index contributed by atoms with van der Waals surface area (Å²) >= 11 is 0. The largest absolute Gasteiger partial charge is 0.497 e. The Bertz CT molecular complexity index is 1030. The molecule has 0 radical (unpaired) electrons. The van der Waals surface area contributed by atoms with Crippen molar-refractivity contribution in [3.63, 3.8) is 0 Å². The molecule has 0 aliphatic carbocycles. The van der Waals surface area contributed by atoms with Crippen LogP contribution >= 0.6 is 0 Å². The number of methoxy groups -OCH3 is 1. The van der Waals surface area contributed by atoms with Gasteiger partial charge in [-0.15, -0.1) is 0 Å². The van der Waals surface area contributed by atoms with E-state index < -0.39 is 22.0 Å². The van der Waals surface area contributed by atoms with Crippen LogP contribution in [0.4, 0.5) is 8.78 Å². The zero-order valence-corrected chi connectivity index (χ0v) is 14.7. The molecule has 0 bridgehead atoms. The highest BCUT2D eigenvalue weighted by molar-refractivity contribution is 7.90. The summed E-state index contributed by atoms with van der Waals surface area (Å²) in [6.45, 7) is 0. The first-order valence-electron chi connectivity index (χ1n) is 7.48. The number of pyridine rings is 1. The predicted molar refractivity (Wildman–Crippen MR) is 91.4 cm³/mol. The number of aromatic nitrogens is 3. The van der Waals surface area contributed by atoms with Crippen LogP contribution in [0.5, 0.6) is 5.75 Å². The van der Waals surface area contributed by atoms with E-state index in [1.165, 1.54) is 36.2 Å². The lowest BCUT2D eigenvalue weighted by Gasteiger charge is -2.08. The van der Waals surface area contributed by atoms with Crippen molar-refractivity contribution < 1.29 is 21.9 Å². The van der Waals surface area contributed by atoms with Crippen LogP contribution in [0.2, 0.25) is 0 Å². The van der Waals surface area contributed by atoms with Gasteiger partial charge >= 0.3 is 0 Å². The molecule has 0 amide bonds. The fourth-order valence-electron chi connectivity index (χ4n) is 2.39. The highest BCUT2D eigenvalue weighted by Gasteiger charge is 2.19. The van der Waals surface area contributed by atoms with Crippen molar-refractivity contribution in [3.8, 4) is 22.8 Å². The molecule has 0 aliphatic rings. The Hall–Kier alpha value is -2.81. The lowest BCUT2D eigenvalue weighted by Crippen LogP contribution is -2.05. The van der Waals surface area contributed by atoms with Crippen molar-refractivity contribution in [3.05, 3.63) is 54.4 Å². The summed E-state index contributed by atoms with van der Waals surface area (Å²) in [4.78, 5) is 4.11. The molecule has 0 saturated heterocycles. The van der Waals surface area contributed by atoms with Crippen molar-refractivity contribution in [2.75, 3.05) is 13.4 Å². The second-order valence-corrected chi connectivity index (χ2v) is 7.53. The van der Waals surface area contributed by atoms with Gasteiger partial charge in [0.2, 0.25) is 0 Å². The summed E-state index contributed by atoms with van der Waals surface area (Å²) in [6.07, 6.45) is -0.413. The Kier molecular flexibility index (Phi) is 4.73. The molecule has 9 heteroatoms. The zero-order valence-electron chi connectivity index (χ0n) is 13.9. The Morgan fingerprint density at radius 3 is 2.38 bits per heavy atom. The molecule has 0 N–H and O–H groups in total. The van der Waals surface area contributed by atoms with E-state index in [9.17, 15) is 17.2 Å². The summed E-state index contributed by atoms with van der Waals surface area (Å²) in [5.74, 6) is 0.747.